The zero-order valence-corrected chi connectivity index (χ0v) is 17.7. The van der Waals surface area contributed by atoms with E-state index in [2.05, 4.69) is 36.6 Å². The molecule has 1 N–H and O–H groups in total. The van der Waals surface area contributed by atoms with Crippen LogP contribution in [0.2, 0.25) is 0 Å². The molecule has 0 spiro atoms. The predicted octanol–water partition coefficient (Wildman–Crippen LogP) is 4.50. The van der Waals surface area contributed by atoms with Gasteiger partial charge >= 0.3 is 0 Å². The van der Waals surface area contributed by atoms with Gasteiger partial charge in [-0.2, -0.15) is 0 Å². The van der Waals surface area contributed by atoms with Gasteiger partial charge in [0.1, 0.15) is 5.01 Å². The van der Waals surface area contributed by atoms with Gasteiger partial charge in [-0.3, -0.25) is 9.36 Å². The van der Waals surface area contributed by atoms with Crippen LogP contribution in [0.25, 0.3) is 21.5 Å². The molecule has 4 rings (SSSR count). The fraction of sp³-hybridized carbons (Fsp3) is 0.227. The van der Waals surface area contributed by atoms with Crippen molar-refractivity contribution in [3.8, 4) is 10.6 Å². The Kier molecular flexibility index (Phi) is 6.08. The predicted molar refractivity (Wildman–Crippen MR) is 120 cm³/mol. The van der Waals surface area contributed by atoms with Crippen LogP contribution in [0.1, 0.15) is 17.7 Å². The summed E-state index contributed by atoms with van der Waals surface area (Å²) in [5.41, 5.74) is 3.93. The number of fused-ring (bicyclic) bond motifs is 1. The molecule has 0 unspecified atom stereocenters. The van der Waals surface area contributed by atoms with E-state index >= 15 is 0 Å². The summed E-state index contributed by atoms with van der Waals surface area (Å²) in [5.74, 6) is 0.631. The molecule has 2 aromatic heterocycles. The summed E-state index contributed by atoms with van der Waals surface area (Å²) >= 11 is 3.13. The lowest BCUT2D eigenvalue weighted by Gasteiger charge is -2.12. The van der Waals surface area contributed by atoms with Crippen LogP contribution in [0, 0.1) is 6.92 Å². The molecule has 0 saturated heterocycles. The van der Waals surface area contributed by atoms with Gasteiger partial charge in [-0.25, -0.2) is 9.97 Å². The van der Waals surface area contributed by atoms with Gasteiger partial charge in [0.2, 0.25) is 0 Å². The van der Waals surface area contributed by atoms with Gasteiger partial charge in [-0.15, -0.1) is 11.3 Å². The highest BCUT2D eigenvalue weighted by atomic mass is 32.2. The molecule has 4 aromatic rings. The van der Waals surface area contributed by atoms with Gasteiger partial charge in [0.25, 0.3) is 5.56 Å². The highest BCUT2D eigenvalue weighted by Gasteiger charge is 2.13. The van der Waals surface area contributed by atoms with Gasteiger partial charge in [-0.1, -0.05) is 53.7 Å². The number of aryl methyl sites for hydroxylation is 1. The first-order chi connectivity index (χ1) is 14.2. The maximum absolute atomic E-state index is 12.9. The van der Waals surface area contributed by atoms with Crippen LogP contribution in [0.5, 0.6) is 0 Å². The Morgan fingerprint density at radius 3 is 2.69 bits per heavy atom. The first kappa shape index (κ1) is 19.8. The van der Waals surface area contributed by atoms with Crippen molar-refractivity contribution < 1.29 is 5.11 Å². The Labute approximate surface area is 177 Å². The number of aliphatic hydroxyl groups is 1. The molecule has 0 aliphatic heterocycles. The van der Waals surface area contributed by atoms with Crippen LogP contribution in [0.15, 0.2) is 63.9 Å². The number of thiazole rings is 1. The largest absolute Gasteiger partial charge is 0.396 e. The quantitative estimate of drug-likeness (QED) is 0.350. The van der Waals surface area contributed by atoms with E-state index in [0.29, 0.717) is 34.8 Å². The van der Waals surface area contributed by atoms with Crippen LogP contribution in [-0.2, 0) is 12.3 Å². The third-order valence-corrected chi connectivity index (χ3v) is 6.52. The average Bonchev–Trinajstić information content (AvgIpc) is 3.21. The summed E-state index contributed by atoms with van der Waals surface area (Å²) in [6.07, 6.45) is 0.516. The van der Waals surface area contributed by atoms with E-state index in [-0.39, 0.29) is 12.2 Å². The van der Waals surface area contributed by atoms with E-state index in [1.54, 1.807) is 22.0 Å². The van der Waals surface area contributed by atoms with Crippen LogP contribution >= 0.6 is 23.1 Å². The van der Waals surface area contributed by atoms with E-state index in [1.807, 2.05) is 18.2 Å². The van der Waals surface area contributed by atoms with Crippen LogP contribution in [-0.4, -0.2) is 26.2 Å². The Morgan fingerprint density at radius 2 is 1.90 bits per heavy atom. The summed E-state index contributed by atoms with van der Waals surface area (Å²) in [5, 5.41) is 13.5. The van der Waals surface area contributed by atoms with Crippen molar-refractivity contribution in [1.29, 1.82) is 0 Å². The Morgan fingerprint density at radius 1 is 1.10 bits per heavy atom. The highest BCUT2D eigenvalue weighted by Crippen LogP contribution is 2.28. The molecule has 0 atom stereocenters. The standard InChI is InChI=1S/C22H21N3O2S2/c1-15-7-9-16(10-8-15)20-23-17(13-28-20)14-29-22-24-19-6-3-2-5-18(19)21(27)25(22)11-4-12-26/h2-3,5-10,13,26H,4,11-12,14H2,1H3. The second kappa shape index (κ2) is 8.90. The molecule has 5 nitrogen and oxygen atoms in total. The van der Waals surface area contributed by atoms with Crippen molar-refractivity contribution >= 4 is 34.0 Å². The third kappa shape index (κ3) is 4.42. The molecule has 0 radical (unpaired) electrons. The molecular formula is C22H21N3O2S2. The van der Waals surface area contributed by atoms with Gasteiger partial charge in [0, 0.05) is 29.8 Å². The number of aromatic nitrogens is 3. The minimum absolute atomic E-state index is 0.0371. The highest BCUT2D eigenvalue weighted by molar-refractivity contribution is 7.98. The molecule has 0 fully saturated rings. The number of nitrogens with zero attached hydrogens (tertiary/aromatic N) is 3. The van der Waals surface area contributed by atoms with Crippen molar-refractivity contribution in [2.75, 3.05) is 6.61 Å². The summed E-state index contributed by atoms with van der Waals surface area (Å²) in [4.78, 5) is 22.3. The average molecular weight is 424 g/mol. The molecule has 2 heterocycles. The van der Waals surface area contributed by atoms with E-state index in [1.165, 1.54) is 17.3 Å². The molecule has 0 saturated carbocycles. The summed E-state index contributed by atoms with van der Waals surface area (Å²) in [6.45, 7) is 2.55. The third-order valence-electron chi connectivity index (χ3n) is 4.57. The number of rotatable bonds is 7. The zero-order valence-electron chi connectivity index (χ0n) is 16.0. The van der Waals surface area contributed by atoms with Crippen molar-refractivity contribution in [3.05, 3.63) is 75.5 Å². The van der Waals surface area contributed by atoms with Crippen LogP contribution < -0.4 is 5.56 Å². The van der Waals surface area contributed by atoms with Crippen LogP contribution in [0.3, 0.4) is 0 Å². The topological polar surface area (TPSA) is 68.0 Å². The lowest BCUT2D eigenvalue weighted by Crippen LogP contribution is -2.24. The number of para-hydroxylation sites is 1. The van der Waals surface area contributed by atoms with Gasteiger partial charge in [-0.05, 0) is 25.5 Å². The molecule has 0 aliphatic rings. The molecule has 0 amide bonds. The molecule has 0 aliphatic carbocycles. The minimum Gasteiger partial charge on any atom is -0.396 e. The first-order valence-electron chi connectivity index (χ1n) is 9.40. The molecule has 2 aromatic carbocycles. The van der Waals surface area contributed by atoms with Crippen LogP contribution in [0.4, 0.5) is 0 Å². The normalized spacial score (nSPS) is 11.2. The molecule has 0 bridgehead atoms. The number of thioether (sulfide) groups is 1. The van der Waals surface area contributed by atoms with E-state index in [9.17, 15) is 9.90 Å². The van der Waals surface area contributed by atoms with Crippen molar-refractivity contribution in [2.24, 2.45) is 0 Å². The smallest absolute Gasteiger partial charge is 0.262 e. The van der Waals surface area contributed by atoms with E-state index < -0.39 is 0 Å². The number of hydrogen-bond donors (Lipinski definition) is 1. The number of aliphatic hydroxyl groups excluding tert-OH is 1. The molecule has 7 heteroatoms. The second-order valence-electron chi connectivity index (χ2n) is 6.74. The van der Waals surface area contributed by atoms with E-state index in [4.69, 9.17) is 9.97 Å². The Bertz CT molecular complexity index is 1180. The Balaban J connectivity index is 1.59. The molecule has 148 valence electrons. The number of hydrogen-bond acceptors (Lipinski definition) is 6. The summed E-state index contributed by atoms with van der Waals surface area (Å²) in [6, 6.07) is 15.7. The van der Waals surface area contributed by atoms with E-state index in [0.717, 1.165) is 16.3 Å². The molecule has 29 heavy (non-hydrogen) atoms. The molecular weight excluding hydrogens is 402 g/mol. The zero-order chi connectivity index (χ0) is 20.2. The summed E-state index contributed by atoms with van der Waals surface area (Å²) in [7, 11) is 0. The second-order valence-corrected chi connectivity index (χ2v) is 8.54. The fourth-order valence-electron chi connectivity index (χ4n) is 3.02. The number of benzene rings is 2. The summed E-state index contributed by atoms with van der Waals surface area (Å²) < 4.78 is 1.66. The fourth-order valence-corrected chi connectivity index (χ4v) is 4.87. The maximum Gasteiger partial charge on any atom is 0.262 e. The lowest BCUT2D eigenvalue weighted by molar-refractivity contribution is 0.276. The lowest BCUT2D eigenvalue weighted by atomic mass is 10.2. The Hall–Kier alpha value is -2.48. The monoisotopic (exact) mass is 423 g/mol. The first-order valence-corrected chi connectivity index (χ1v) is 11.3. The van der Waals surface area contributed by atoms with Crippen molar-refractivity contribution in [3.63, 3.8) is 0 Å². The maximum atomic E-state index is 12.9. The van der Waals surface area contributed by atoms with Crippen molar-refractivity contribution in [2.45, 2.75) is 30.8 Å². The van der Waals surface area contributed by atoms with Crippen molar-refractivity contribution in [1.82, 2.24) is 14.5 Å². The minimum atomic E-state index is -0.0647. The SMILES string of the molecule is Cc1ccc(-c2nc(CSc3nc4ccccc4c(=O)n3CCCO)cs2)cc1. The van der Waals surface area contributed by atoms with Gasteiger partial charge < -0.3 is 5.11 Å². The van der Waals surface area contributed by atoms with Gasteiger partial charge in [0.15, 0.2) is 5.16 Å². The van der Waals surface area contributed by atoms with Gasteiger partial charge in [0.05, 0.1) is 16.6 Å².